The van der Waals surface area contributed by atoms with Crippen LogP contribution in [0.1, 0.15) is 43.7 Å². The van der Waals surface area contributed by atoms with Gasteiger partial charge in [-0.1, -0.05) is 25.8 Å². The molecule has 2 rings (SSSR count). The Morgan fingerprint density at radius 2 is 2.06 bits per heavy atom. The van der Waals surface area contributed by atoms with E-state index in [2.05, 4.69) is 54.2 Å². The highest BCUT2D eigenvalue weighted by Crippen LogP contribution is 2.31. The maximum atomic E-state index is 3.67. The van der Waals surface area contributed by atoms with Crippen LogP contribution in [0.3, 0.4) is 0 Å². The molecular formula is C16H24BrN. The van der Waals surface area contributed by atoms with Gasteiger partial charge in [0.2, 0.25) is 0 Å². The number of rotatable bonds is 3. The first-order valence-electron chi connectivity index (χ1n) is 7.07. The van der Waals surface area contributed by atoms with E-state index >= 15 is 0 Å². The van der Waals surface area contributed by atoms with Crippen LogP contribution in [0, 0.1) is 25.7 Å². The minimum Gasteiger partial charge on any atom is -0.384 e. The molecule has 1 nitrogen and oxygen atoms in total. The molecule has 0 heterocycles. The average Bonchev–Trinajstić information content (AvgIpc) is 2.27. The summed E-state index contributed by atoms with van der Waals surface area (Å²) >= 11 is 3.67. The Morgan fingerprint density at radius 1 is 1.28 bits per heavy atom. The molecule has 0 amide bonds. The Hall–Kier alpha value is -0.500. The van der Waals surface area contributed by atoms with Crippen molar-refractivity contribution in [3.63, 3.8) is 0 Å². The molecule has 2 unspecified atom stereocenters. The number of aryl methyl sites for hydroxylation is 2. The summed E-state index contributed by atoms with van der Waals surface area (Å²) in [4.78, 5) is 0. The van der Waals surface area contributed by atoms with E-state index in [1.54, 1.807) is 0 Å². The van der Waals surface area contributed by atoms with Gasteiger partial charge in [0.05, 0.1) is 5.69 Å². The van der Waals surface area contributed by atoms with Gasteiger partial charge in [-0.3, -0.25) is 0 Å². The molecule has 0 saturated heterocycles. The Labute approximate surface area is 119 Å². The van der Waals surface area contributed by atoms with Crippen molar-refractivity contribution in [1.29, 1.82) is 0 Å². The summed E-state index contributed by atoms with van der Waals surface area (Å²) in [5, 5.41) is 3.65. The molecule has 1 aliphatic rings. The van der Waals surface area contributed by atoms with Gasteiger partial charge in [0, 0.05) is 11.0 Å². The fraction of sp³-hybridized carbons (Fsp3) is 0.625. The molecule has 2 atom stereocenters. The van der Waals surface area contributed by atoms with Gasteiger partial charge in [-0.2, -0.15) is 0 Å². The summed E-state index contributed by atoms with van der Waals surface area (Å²) < 4.78 is 1.20. The molecule has 0 aliphatic heterocycles. The van der Waals surface area contributed by atoms with E-state index in [0.29, 0.717) is 0 Å². The quantitative estimate of drug-likeness (QED) is 0.798. The van der Waals surface area contributed by atoms with Crippen molar-refractivity contribution in [3.8, 4) is 0 Å². The number of benzene rings is 1. The van der Waals surface area contributed by atoms with E-state index in [9.17, 15) is 0 Å². The molecule has 0 bridgehead atoms. The molecule has 1 saturated carbocycles. The first-order chi connectivity index (χ1) is 8.56. The molecule has 1 fully saturated rings. The highest BCUT2D eigenvalue weighted by atomic mass is 79.9. The Morgan fingerprint density at radius 3 is 2.72 bits per heavy atom. The minimum atomic E-state index is 0.848. The van der Waals surface area contributed by atoms with Crippen molar-refractivity contribution < 1.29 is 0 Å². The molecule has 1 N–H and O–H groups in total. The standard InChI is InChI=1S/C16H24BrN/c1-11-5-4-6-14(8-11)10-18-16-13(3)7-12(2)9-15(16)17/h7,9,11,14,18H,4-6,8,10H2,1-3H3. The molecule has 1 aliphatic carbocycles. The Kier molecular flexibility index (Phi) is 4.71. The van der Waals surface area contributed by atoms with Crippen LogP contribution in [0.15, 0.2) is 16.6 Å². The lowest BCUT2D eigenvalue weighted by atomic mass is 9.82. The molecule has 2 heteroatoms. The van der Waals surface area contributed by atoms with Gasteiger partial charge in [0.1, 0.15) is 0 Å². The molecule has 100 valence electrons. The number of halogens is 1. The van der Waals surface area contributed by atoms with Crippen LogP contribution in [0.25, 0.3) is 0 Å². The third-order valence-electron chi connectivity index (χ3n) is 4.04. The highest BCUT2D eigenvalue weighted by molar-refractivity contribution is 9.10. The van der Waals surface area contributed by atoms with Gasteiger partial charge >= 0.3 is 0 Å². The largest absolute Gasteiger partial charge is 0.384 e. The second-order valence-electron chi connectivity index (χ2n) is 5.96. The average molecular weight is 310 g/mol. The number of anilines is 1. The van der Waals surface area contributed by atoms with E-state index in [-0.39, 0.29) is 0 Å². The van der Waals surface area contributed by atoms with Crippen molar-refractivity contribution in [2.75, 3.05) is 11.9 Å². The predicted molar refractivity (Wildman–Crippen MR) is 83.2 cm³/mol. The number of hydrogen-bond donors (Lipinski definition) is 1. The lowest BCUT2D eigenvalue weighted by molar-refractivity contribution is 0.293. The number of hydrogen-bond acceptors (Lipinski definition) is 1. The third-order valence-corrected chi connectivity index (χ3v) is 4.67. The zero-order chi connectivity index (χ0) is 13.1. The van der Waals surface area contributed by atoms with Crippen molar-refractivity contribution in [1.82, 2.24) is 0 Å². The van der Waals surface area contributed by atoms with Crippen LogP contribution in [0.5, 0.6) is 0 Å². The maximum Gasteiger partial charge on any atom is 0.0514 e. The minimum absolute atomic E-state index is 0.848. The van der Waals surface area contributed by atoms with Crippen LogP contribution in [0.4, 0.5) is 5.69 Å². The lowest BCUT2D eigenvalue weighted by Crippen LogP contribution is -2.21. The predicted octanol–water partition coefficient (Wildman–Crippen LogP) is 5.30. The third kappa shape index (κ3) is 3.50. The van der Waals surface area contributed by atoms with Gasteiger partial charge in [-0.05, 0) is 71.6 Å². The molecule has 0 radical (unpaired) electrons. The van der Waals surface area contributed by atoms with Gasteiger partial charge in [-0.15, -0.1) is 0 Å². The van der Waals surface area contributed by atoms with Gasteiger partial charge in [0.15, 0.2) is 0 Å². The summed E-state index contributed by atoms with van der Waals surface area (Å²) in [6.45, 7) is 7.83. The summed E-state index contributed by atoms with van der Waals surface area (Å²) in [6.07, 6.45) is 5.60. The maximum absolute atomic E-state index is 3.67. The van der Waals surface area contributed by atoms with Crippen LogP contribution >= 0.6 is 15.9 Å². The molecule has 18 heavy (non-hydrogen) atoms. The molecule has 1 aromatic rings. The van der Waals surface area contributed by atoms with E-state index in [4.69, 9.17) is 0 Å². The summed E-state index contributed by atoms with van der Waals surface area (Å²) in [5.41, 5.74) is 3.93. The first kappa shape index (κ1) is 13.9. The van der Waals surface area contributed by atoms with Crippen molar-refractivity contribution in [2.24, 2.45) is 11.8 Å². The smallest absolute Gasteiger partial charge is 0.0514 e. The van der Waals surface area contributed by atoms with Crippen LogP contribution < -0.4 is 5.32 Å². The number of nitrogens with one attached hydrogen (secondary N) is 1. The van der Waals surface area contributed by atoms with Crippen molar-refractivity contribution >= 4 is 21.6 Å². The lowest BCUT2D eigenvalue weighted by Gasteiger charge is -2.27. The Bertz CT molecular complexity index is 391. The van der Waals surface area contributed by atoms with E-state index in [0.717, 1.165) is 18.4 Å². The van der Waals surface area contributed by atoms with E-state index < -0.39 is 0 Å². The van der Waals surface area contributed by atoms with Crippen molar-refractivity contribution in [3.05, 3.63) is 27.7 Å². The summed E-state index contributed by atoms with van der Waals surface area (Å²) in [5.74, 6) is 1.76. The summed E-state index contributed by atoms with van der Waals surface area (Å²) in [6, 6.07) is 4.44. The van der Waals surface area contributed by atoms with Crippen LogP contribution in [-0.2, 0) is 0 Å². The van der Waals surface area contributed by atoms with Crippen LogP contribution in [-0.4, -0.2) is 6.54 Å². The second-order valence-corrected chi connectivity index (χ2v) is 6.81. The van der Waals surface area contributed by atoms with Gasteiger partial charge in [0.25, 0.3) is 0 Å². The Balaban J connectivity index is 1.97. The summed E-state index contributed by atoms with van der Waals surface area (Å²) in [7, 11) is 0. The zero-order valence-electron chi connectivity index (χ0n) is 11.7. The first-order valence-corrected chi connectivity index (χ1v) is 7.86. The fourth-order valence-corrected chi connectivity index (χ4v) is 3.95. The molecule has 0 spiro atoms. The molecule has 1 aromatic carbocycles. The van der Waals surface area contributed by atoms with Gasteiger partial charge in [-0.25, -0.2) is 0 Å². The second kappa shape index (κ2) is 6.10. The molecule has 0 aromatic heterocycles. The van der Waals surface area contributed by atoms with Crippen molar-refractivity contribution in [2.45, 2.75) is 46.5 Å². The monoisotopic (exact) mass is 309 g/mol. The van der Waals surface area contributed by atoms with Gasteiger partial charge < -0.3 is 5.32 Å². The highest BCUT2D eigenvalue weighted by Gasteiger charge is 2.19. The SMILES string of the molecule is Cc1cc(C)c(NCC2CCCC(C)C2)c(Br)c1. The zero-order valence-corrected chi connectivity index (χ0v) is 13.3. The fourth-order valence-electron chi connectivity index (χ4n) is 3.13. The molecular weight excluding hydrogens is 286 g/mol. The van der Waals surface area contributed by atoms with E-state index in [1.807, 2.05) is 0 Å². The topological polar surface area (TPSA) is 12.0 Å². The van der Waals surface area contributed by atoms with Crippen LogP contribution in [0.2, 0.25) is 0 Å². The normalized spacial score (nSPS) is 24.0. The van der Waals surface area contributed by atoms with E-state index in [1.165, 1.54) is 47.0 Å².